The van der Waals surface area contributed by atoms with Crippen molar-refractivity contribution in [2.75, 3.05) is 31.1 Å². The molecule has 1 N–H and O–H groups in total. The lowest BCUT2D eigenvalue weighted by Crippen LogP contribution is -2.33. The highest BCUT2D eigenvalue weighted by atomic mass is 16.5. The third-order valence-corrected chi connectivity index (χ3v) is 3.87. The van der Waals surface area contributed by atoms with E-state index in [4.69, 9.17) is 4.74 Å². The highest BCUT2D eigenvalue weighted by Gasteiger charge is 2.25. The van der Waals surface area contributed by atoms with E-state index in [-0.39, 0.29) is 5.91 Å². The quantitative estimate of drug-likeness (QED) is 0.895. The molecule has 1 aromatic rings. The zero-order valence-electron chi connectivity index (χ0n) is 11.4. The molecular weight excluding hydrogens is 240 g/mol. The zero-order valence-corrected chi connectivity index (χ0v) is 11.4. The van der Waals surface area contributed by atoms with Crippen molar-refractivity contribution in [1.29, 1.82) is 0 Å². The van der Waals surface area contributed by atoms with Crippen LogP contribution in [0.3, 0.4) is 0 Å². The Labute approximate surface area is 113 Å². The van der Waals surface area contributed by atoms with Crippen LogP contribution < -0.4 is 15.0 Å². The lowest BCUT2D eigenvalue weighted by Gasteiger charge is -2.26. The molecule has 0 atom stereocenters. The Hall–Kier alpha value is -1.71. The number of rotatable bonds is 3. The lowest BCUT2D eigenvalue weighted by molar-refractivity contribution is -0.118. The van der Waals surface area contributed by atoms with Gasteiger partial charge < -0.3 is 15.0 Å². The number of benzene rings is 1. The molecule has 4 heteroatoms. The van der Waals surface area contributed by atoms with E-state index in [0.29, 0.717) is 6.54 Å². The van der Waals surface area contributed by atoms with E-state index in [1.165, 1.54) is 16.8 Å². The van der Waals surface area contributed by atoms with Crippen LogP contribution in [0.5, 0.6) is 5.75 Å². The van der Waals surface area contributed by atoms with Gasteiger partial charge in [0.1, 0.15) is 5.75 Å². The molecule has 0 aromatic heterocycles. The molecule has 1 aromatic carbocycles. The van der Waals surface area contributed by atoms with Crippen molar-refractivity contribution in [2.45, 2.75) is 26.2 Å². The average molecular weight is 260 g/mol. The molecule has 4 nitrogen and oxygen atoms in total. The number of ether oxygens (including phenoxy) is 1. The summed E-state index contributed by atoms with van der Waals surface area (Å²) in [5.41, 5.74) is 4.15. The summed E-state index contributed by atoms with van der Waals surface area (Å²) in [5, 5.41) is 2.87. The first-order valence-electron chi connectivity index (χ1n) is 7.02. The first-order valence-corrected chi connectivity index (χ1v) is 7.02. The van der Waals surface area contributed by atoms with Crippen LogP contribution in [0.4, 0.5) is 5.69 Å². The van der Waals surface area contributed by atoms with Gasteiger partial charge in [0, 0.05) is 37.8 Å². The average Bonchev–Trinajstić information content (AvgIpc) is 2.82. The van der Waals surface area contributed by atoms with Gasteiger partial charge in [-0.25, -0.2) is 0 Å². The van der Waals surface area contributed by atoms with Crippen LogP contribution in [0.1, 0.15) is 24.5 Å². The second-order valence-electron chi connectivity index (χ2n) is 5.22. The number of nitrogens with zero attached hydrogens (tertiary/aromatic N) is 1. The summed E-state index contributed by atoms with van der Waals surface area (Å²) in [7, 11) is 0. The number of nitrogens with one attached hydrogen (secondary N) is 1. The van der Waals surface area contributed by atoms with Crippen molar-refractivity contribution in [2.24, 2.45) is 0 Å². The summed E-state index contributed by atoms with van der Waals surface area (Å²) in [6, 6.07) is 4.31. The van der Waals surface area contributed by atoms with Crippen LogP contribution in [0.25, 0.3) is 0 Å². The highest BCUT2D eigenvalue weighted by molar-refractivity contribution is 5.73. The van der Waals surface area contributed by atoms with Gasteiger partial charge >= 0.3 is 0 Å². The van der Waals surface area contributed by atoms with Crippen molar-refractivity contribution in [3.8, 4) is 5.75 Å². The lowest BCUT2D eigenvalue weighted by atomic mass is 10.0. The minimum Gasteiger partial charge on any atom is -0.493 e. The summed E-state index contributed by atoms with van der Waals surface area (Å²) in [4.78, 5) is 13.3. The summed E-state index contributed by atoms with van der Waals surface area (Å²) in [6.45, 7) is 5.03. The Morgan fingerprint density at radius 1 is 1.42 bits per heavy atom. The van der Waals surface area contributed by atoms with E-state index < -0.39 is 0 Å². The molecular formula is C15H20N2O2. The number of amides is 1. The fourth-order valence-electron chi connectivity index (χ4n) is 3.03. The monoisotopic (exact) mass is 260 g/mol. The number of hydrogen-bond donors (Lipinski definition) is 1. The van der Waals surface area contributed by atoms with E-state index in [1.807, 2.05) is 0 Å². The predicted molar refractivity (Wildman–Crippen MR) is 74.9 cm³/mol. The SMILES string of the molecule is CC(=O)NCCN1CCc2ccc3c(c21)CCCO3. The third kappa shape index (κ3) is 2.39. The third-order valence-electron chi connectivity index (χ3n) is 3.87. The van der Waals surface area contributed by atoms with Gasteiger partial charge in [-0.05, 0) is 30.9 Å². The fourth-order valence-corrected chi connectivity index (χ4v) is 3.03. The maximum absolute atomic E-state index is 10.9. The summed E-state index contributed by atoms with van der Waals surface area (Å²) < 4.78 is 5.74. The predicted octanol–water partition coefficient (Wildman–Crippen LogP) is 1.51. The minimum atomic E-state index is 0.0397. The van der Waals surface area contributed by atoms with E-state index in [0.717, 1.165) is 44.7 Å². The Kier molecular flexibility index (Phi) is 3.32. The van der Waals surface area contributed by atoms with Crippen LogP contribution in [-0.2, 0) is 17.6 Å². The number of carbonyl (C=O) groups is 1. The number of fused-ring (bicyclic) bond motifs is 3. The van der Waals surface area contributed by atoms with E-state index in [2.05, 4.69) is 22.3 Å². The molecule has 0 fully saturated rings. The molecule has 2 heterocycles. The molecule has 102 valence electrons. The second kappa shape index (κ2) is 5.11. The molecule has 19 heavy (non-hydrogen) atoms. The minimum absolute atomic E-state index is 0.0397. The van der Waals surface area contributed by atoms with Crippen molar-refractivity contribution < 1.29 is 9.53 Å². The Morgan fingerprint density at radius 3 is 3.16 bits per heavy atom. The Balaban J connectivity index is 1.80. The van der Waals surface area contributed by atoms with Crippen molar-refractivity contribution in [3.05, 3.63) is 23.3 Å². The van der Waals surface area contributed by atoms with Gasteiger partial charge in [-0.3, -0.25) is 4.79 Å². The topological polar surface area (TPSA) is 41.6 Å². The Bertz CT molecular complexity index is 499. The molecule has 3 rings (SSSR count). The molecule has 0 spiro atoms. The van der Waals surface area contributed by atoms with Crippen LogP contribution >= 0.6 is 0 Å². The van der Waals surface area contributed by atoms with E-state index >= 15 is 0 Å². The van der Waals surface area contributed by atoms with Crippen molar-refractivity contribution in [3.63, 3.8) is 0 Å². The molecule has 0 bridgehead atoms. The van der Waals surface area contributed by atoms with Crippen molar-refractivity contribution >= 4 is 11.6 Å². The molecule has 2 aliphatic rings. The first-order chi connectivity index (χ1) is 9.25. The van der Waals surface area contributed by atoms with E-state index in [1.54, 1.807) is 6.92 Å². The number of hydrogen-bond acceptors (Lipinski definition) is 3. The normalized spacial score (nSPS) is 16.6. The van der Waals surface area contributed by atoms with Gasteiger partial charge in [0.25, 0.3) is 0 Å². The second-order valence-corrected chi connectivity index (χ2v) is 5.22. The van der Waals surface area contributed by atoms with Gasteiger partial charge in [0.15, 0.2) is 0 Å². The van der Waals surface area contributed by atoms with Crippen molar-refractivity contribution in [1.82, 2.24) is 5.32 Å². The molecule has 2 aliphatic heterocycles. The largest absolute Gasteiger partial charge is 0.493 e. The molecule has 0 saturated heterocycles. The zero-order chi connectivity index (χ0) is 13.2. The molecule has 1 amide bonds. The summed E-state index contributed by atoms with van der Waals surface area (Å²) >= 11 is 0. The maximum Gasteiger partial charge on any atom is 0.216 e. The van der Waals surface area contributed by atoms with E-state index in [9.17, 15) is 4.79 Å². The molecule has 0 aliphatic carbocycles. The summed E-state index contributed by atoms with van der Waals surface area (Å²) in [6.07, 6.45) is 3.31. The van der Waals surface area contributed by atoms with Crippen LogP contribution in [0.2, 0.25) is 0 Å². The molecule has 0 radical (unpaired) electrons. The number of anilines is 1. The summed E-state index contributed by atoms with van der Waals surface area (Å²) in [5.74, 6) is 1.09. The Morgan fingerprint density at radius 2 is 2.32 bits per heavy atom. The van der Waals surface area contributed by atoms with Gasteiger partial charge in [-0.15, -0.1) is 0 Å². The number of carbonyl (C=O) groups excluding carboxylic acids is 1. The van der Waals surface area contributed by atoms with Gasteiger partial charge in [0.05, 0.1) is 6.61 Å². The fraction of sp³-hybridized carbons (Fsp3) is 0.533. The first kappa shape index (κ1) is 12.3. The smallest absolute Gasteiger partial charge is 0.216 e. The molecule has 0 saturated carbocycles. The van der Waals surface area contributed by atoms with Gasteiger partial charge in [-0.2, -0.15) is 0 Å². The van der Waals surface area contributed by atoms with Crippen LogP contribution in [-0.4, -0.2) is 32.1 Å². The van der Waals surface area contributed by atoms with Gasteiger partial charge in [-0.1, -0.05) is 6.07 Å². The van der Waals surface area contributed by atoms with Crippen LogP contribution in [0.15, 0.2) is 12.1 Å². The standard InChI is InChI=1S/C15H20N2O2/c1-11(18)16-7-9-17-8-6-12-4-5-14-13(15(12)17)3-2-10-19-14/h4-5H,2-3,6-10H2,1H3,(H,16,18). The molecule has 0 unspecified atom stereocenters. The maximum atomic E-state index is 10.9. The highest BCUT2D eigenvalue weighted by Crippen LogP contribution is 2.39. The van der Waals surface area contributed by atoms with Crippen LogP contribution in [0, 0.1) is 0 Å². The van der Waals surface area contributed by atoms with Gasteiger partial charge in [0.2, 0.25) is 5.91 Å².